The summed E-state index contributed by atoms with van der Waals surface area (Å²) in [5.41, 5.74) is 0. The molecule has 0 saturated carbocycles. The van der Waals surface area contributed by atoms with Crippen molar-refractivity contribution in [3.8, 4) is 0 Å². The Bertz CT molecular complexity index is 281. The third-order valence-electron chi connectivity index (χ3n) is 3.13. The summed E-state index contributed by atoms with van der Waals surface area (Å²) < 4.78 is 5.54. The molecule has 3 nitrogen and oxygen atoms in total. The Morgan fingerprint density at radius 2 is 2.06 bits per heavy atom. The van der Waals surface area contributed by atoms with Gasteiger partial charge in [0.15, 0.2) is 6.10 Å². The number of hydrogen-bond donors (Lipinski definition) is 1. The lowest BCUT2D eigenvalue weighted by Gasteiger charge is -2.21. The van der Waals surface area contributed by atoms with E-state index in [0.29, 0.717) is 0 Å². The van der Waals surface area contributed by atoms with E-state index in [1.807, 2.05) is 13.8 Å². The van der Waals surface area contributed by atoms with E-state index in [1.165, 1.54) is 19.3 Å². The summed E-state index contributed by atoms with van der Waals surface area (Å²) in [5.74, 6) is 0.698. The molecule has 1 aliphatic rings. The van der Waals surface area contributed by atoms with Gasteiger partial charge in [0.25, 0.3) is 0 Å². The minimum atomic E-state index is -0.702. The van der Waals surface area contributed by atoms with Gasteiger partial charge in [-0.3, -0.25) is 4.79 Å². The number of unbranched alkanes of at least 4 members (excludes halogenated alkanes) is 3. The number of carbonyl (C=O) groups excluding carboxylic acids is 1. The number of ketones is 1. The Balaban J connectivity index is 2.36. The van der Waals surface area contributed by atoms with Gasteiger partial charge in [0.1, 0.15) is 11.9 Å². The van der Waals surface area contributed by atoms with Crippen molar-refractivity contribution in [3.63, 3.8) is 0 Å². The molecule has 0 aromatic rings. The normalized spacial score (nSPS) is 21.6. The van der Waals surface area contributed by atoms with Gasteiger partial charge in [-0.25, -0.2) is 0 Å². The molecule has 0 bridgehead atoms. The summed E-state index contributed by atoms with van der Waals surface area (Å²) in [6, 6.07) is 0. The van der Waals surface area contributed by atoms with Crippen molar-refractivity contribution in [2.75, 3.05) is 0 Å². The Morgan fingerprint density at radius 3 is 2.65 bits per heavy atom. The minimum Gasteiger partial charge on any atom is -0.484 e. The average molecular weight is 240 g/mol. The molecular formula is C14H24O3. The molecule has 1 rings (SSSR count). The zero-order valence-corrected chi connectivity index (χ0v) is 11.1. The lowest BCUT2D eigenvalue weighted by atomic mass is 10.00. The van der Waals surface area contributed by atoms with Gasteiger partial charge in [0.2, 0.25) is 5.78 Å². The lowest BCUT2D eigenvalue weighted by Crippen LogP contribution is -2.35. The fraction of sp³-hybridized carbons (Fsp3) is 0.786. The second-order valence-corrected chi connectivity index (χ2v) is 5.10. The molecule has 0 aromatic carbocycles. The summed E-state index contributed by atoms with van der Waals surface area (Å²) in [6.07, 6.45) is 5.64. The van der Waals surface area contributed by atoms with Crippen molar-refractivity contribution in [1.29, 1.82) is 0 Å². The van der Waals surface area contributed by atoms with Crippen LogP contribution >= 0.6 is 0 Å². The fourth-order valence-corrected chi connectivity index (χ4v) is 1.94. The first-order valence-corrected chi connectivity index (χ1v) is 6.65. The third-order valence-corrected chi connectivity index (χ3v) is 3.13. The van der Waals surface area contributed by atoms with Crippen LogP contribution in [0.5, 0.6) is 0 Å². The van der Waals surface area contributed by atoms with E-state index in [-0.39, 0.29) is 11.7 Å². The van der Waals surface area contributed by atoms with Crippen molar-refractivity contribution in [1.82, 2.24) is 0 Å². The van der Waals surface area contributed by atoms with Gasteiger partial charge in [-0.2, -0.15) is 0 Å². The monoisotopic (exact) mass is 240 g/mol. The molecule has 2 atom stereocenters. The fourth-order valence-electron chi connectivity index (χ4n) is 1.94. The van der Waals surface area contributed by atoms with Crippen molar-refractivity contribution >= 4 is 5.78 Å². The van der Waals surface area contributed by atoms with Crippen LogP contribution in [0.2, 0.25) is 0 Å². The molecule has 0 amide bonds. The van der Waals surface area contributed by atoms with E-state index in [9.17, 15) is 9.90 Å². The molecule has 0 saturated heterocycles. The van der Waals surface area contributed by atoms with Gasteiger partial charge in [-0.1, -0.05) is 40.0 Å². The number of aliphatic hydroxyl groups excluding tert-OH is 1. The Kier molecular flexibility index (Phi) is 5.69. The van der Waals surface area contributed by atoms with Crippen LogP contribution in [0.15, 0.2) is 11.8 Å². The maximum Gasteiger partial charge on any atom is 0.202 e. The maximum atomic E-state index is 11.7. The van der Waals surface area contributed by atoms with Gasteiger partial charge < -0.3 is 9.84 Å². The van der Waals surface area contributed by atoms with Crippen LogP contribution in [0.4, 0.5) is 0 Å². The van der Waals surface area contributed by atoms with E-state index in [1.54, 1.807) is 6.08 Å². The van der Waals surface area contributed by atoms with Crippen molar-refractivity contribution in [2.24, 2.45) is 5.92 Å². The van der Waals surface area contributed by atoms with Crippen LogP contribution in [0.3, 0.4) is 0 Å². The van der Waals surface area contributed by atoms with Crippen LogP contribution in [-0.4, -0.2) is 23.1 Å². The highest BCUT2D eigenvalue weighted by atomic mass is 16.5. The second kappa shape index (κ2) is 6.80. The smallest absolute Gasteiger partial charge is 0.202 e. The second-order valence-electron chi connectivity index (χ2n) is 5.10. The molecular weight excluding hydrogens is 216 g/mol. The van der Waals surface area contributed by atoms with Crippen LogP contribution in [0.1, 0.15) is 52.9 Å². The van der Waals surface area contributed by atoms with Gasteiger partial charge in [0, 0.05) is 12.5 Å². The minimum absolute atomic E-state index is 0.0387. The highest BCUT2D eigenvalue weighted by molar-refractivity contribution is 5.96. The number of rotatable bonds is 7. The van der Waals surface area contributed by atoms with Crippen LogP contribution in [0.25, 0.3) is 0 Å². The molecule has 3 heteroatoms. The largest absolute Gasteiger partial charge is 0.484 e. The van der Waals surface area contributed by atoms with Crippen molar-refractivity contribution in [2.45, 2.75) is 65.1 Å². The molecule has 0 aliphatic carbocycles. The SMILES string of the molecule is CCCCCCC1=CC(=O)[C@H]([C@H](O)C(C)C)O1. The predicted octanol–water partition coefficient (Wildman–Crippen LogP) is 2.83. The zero-order valence-electron chi connectivity index (χ0n) is 11.1. The topological polar surface area (TPSA) is 46.5 Å². The van der Waals surface area contributed by atoms with Gasteiger partial charge >= 0.3 is 0 Å². The van der Waals surface area contributed by atoms with Crippen LogP contribution in [0, 0.1) is 5.92 Å². The van der Waals surface area contributed by atoms with Crippen LogP contribution in [-0.2, 0) is 9.53 Å². The predicted molar refractivity (Wildman–Crippen MR) is 67.6 cm³/mol. The molecule has 0 fully saturated rings. The molecule has 1 N–H and O–H groups in total. The Labute approximate surface area is 104 Å². The summed E-state index contributed by atoms with van der Waals surface area (Å²) in [5, 5.41) is 9.84. The molecule has 0 radical (unpaired) electrons. The quantitative estimate of drug-likeness (QED) is 0.696. The lowest BCUT2D eigenvalue weighted by molar-refractivity contribution is -0.127. The average Bonchev–Trinajstić information content (AvgIpc) is 2.65. The van der Waals surface area contributed by atoms with Gasteiger partial charge in [-0.15, -0.1) is 0 Å². The molecule has 1 aliphatic heterocycles. The van der Waals surface area contributed by atoms with Gasteiger partial charge in [0.05, 0.1) is 0 Å². The van der Waals surface area contributed by atoms with Crippen LogP contribution < -0.4 is 0 Å². The summed E-state index contributed by atoms with van der Waals surface area (Å²) >= 11 is 0. The van der Waals surface area contributed by atoms with Crippen molar-refractivity contribution < 1.29 is 14.6 Å². The van der Waals surface area contributed by atoms with E-state index < -0.39 is 12.2 Å². The summed E-state index contributed by atoms with van der Waals surface area (Å²) in [6.45, 7) is 5.95. The first-order chi connectivity index (χ1) is 8.06. The first-order valence-electron chi connectivity index (χ1n) is 6.65. The summed E-state index contributed by atoms with van der Waals surface area (Å²) in [4.78, 5) is 11.7. The highest BCUT2D eigenvalue weighted by Crippen LogP contribution is 2.24. The summed E-state index contributed by atoms with van der Waals surface area (Å²) in [7, 11) is 0. The molecule has 17 heavy (non-hydrogen) atoms. The molecule has 0 spiro atoms. The number of ether oxygens (including phenoxy) is 1. The third kappa shape index (κ3) is 4.15. The number of aliphatic hydroxyl groups is 1. The highest BCUT2D eigenvalue weighted by Gasteiger charge is 2.34. The van der Waals surface area contributed by atoms with Crippen molar-refractivity contribution in [3.05, 3.63) is 11.8 Å². The Morgan fingerprint density at radius 1 is 1.35 bits per heavy atom. The van der Waals surface area contributed by atoms with Gasteiger partial charge in [-0.05, 0) is 12.3 Å². The number of allylic oxidation sites excluding steroid dienone is 1. The molecule has 0 unspecified atom stereocenters. The standard InChI is InChI=1S/C14H24O3/c1-4-5-6-7-8-11-9-12(15)14(17-11)13(16)10(2)3/h9-10,13-14,16H,4-8H2,1-3H3/t13-,14-/m1/s1. The van der Waals surface area contributed by atoms with E-state index in [2.05, 4.69) is 6.92 Å². The Hall–Kier alpha value is -0.830. The van der Waals surface area contributed by atoms with E-state index in [0.717, 1.165) is 18.6 Å². The zero-order chi connectivity index (χ0) is 12.8. The molecule has 1 heterocycles. The molecule has 98 valence electrons. The number of hydrogen-bond acceptors (Lipinski definition) is 3. The molecule has 0 aromatic heterocycles. The maximum absolute atomic E-state index is 11.7. The van der Waals surface area contributed by atoms with E-state index >= 15 is 0 Å². The number of carbonyl (C=O) groups is 1. The van der Waals surface area contributed by atoms with E-state index in [4.69, 9.17) is 4.74 Å². The first kappa shape index (κ1) is 14.2.